The minimum absolute atomic E-state index is 0.237. The lowest BCUT2D eigenvalue weighted by Crippen LogP contribution is -2.25. The first-order chi connectivity index (χ1) is 12.2. The lowest BCUT2D eigenvalue weighted by molar-refractivity contribution is -0.122. The number of carbonyl (C=O) groups excluding carboxylic acids is 1. The molecular weight excluding hydrogens is 324 g/mol. The van der Waals surface area contributed by atoms with Crippen molar-refractivity contribution in [3.8, 4) is 0 Å². The summed E-state index contributed by atoms with van der Waals surface area (Å²) in [4.78, 5) is 13.0. The van der Waals surface area contributed by atoms with Crippen LogP contribution in [-0.2, 0) is 14.3 Å². The van der Waals surface area contributed by atoms with Gasteiger partial charge in [0.15, 0.2) is 0 Å². The number of Topliss-reactive ketones (excluding diaryl/α,β-unsaturated/α-hetero) is 1. The van der Waals surface area contributed by atoms with Crippen molar-refractivity contribution < 1.29 is 14.3 Å². The number of ether oxygens (including phenoxy) is 2. The van der Waals surface area contributed by atoms with Gasteiger partial charge in [-0.25, -0.2) is 0 Å². The number of hydrogen-bond acceptors (Lipinski definition) is 3. The average molecular weight is 363 g/mol. The predicted molar refractivity (Wildman–Crippen MR) is 107 cm³/mol. The first-order valence-electron chi connectivity index (χ1n) is 10.1. The van der Waals surface area contributed by atoms with Crippen molar-refractivity contribution in [1.82, 2.24) is 0 Å². The van der Waals surface area contributed by atoms with E-state index in [4.69, 9.17) is 9.47 Å². The third-order valence-electron chi connectivity index (χ3n) is 7.33. The molecule has 148 valence electrons. The van der Waals surface area contributed by atoms with Gasteiger partial charge >= 0.3 is 0 Å². The van der Waals surface area contributed by atoms with Gasteiger partial charge in [0.2, 0.25) is 0 Å². The molecule has 2 aliphatic carbocycles. The zero-order valence-corrected chi connectivity index (χ0v) is 17.6. The lowest BCUT2D eigenvalue weighted by Gasteiger charge is -2.26. The van der Waals surface area contributed by atoms with Crippen molar-refractivity contribution >= 4 is 5.78 Å². The summed E-state index contributed by atoms with van der Waals surface area (Å²) in [5.41, 5.74) is 2.37. The molecule has 0 unspecified atom stereocenters. The van der Waals surface area contributed by atoms with Gasteiger partial charge in [0.1, 0.15) is 5.78 Å². The molecule has 0 heterocycles. The standard InChI is InChI=1S/C23H38O3/c1-13(2)18-11-22(25-7)15(5)20(18)9-17(24)10-21-16(6)23(26-8)12-19(21)14(3)4/h15-16,18-23H,1,3,9-12H2,2,4-8H3/t15-,16-,18+,19+,20-,21-,22-,23-/m1/s1. The van der Waals surface area contributed by atoms with Crippen molar-refractivity contribution in [3.63, 3.8) is 0 Å². The summed E-state index contributed by atoms with van der Waals surface area (Å²) in [5.74, 6) is 2.66. The van der Waals surface area contributed by atoms with Gasteiger partial charge in [-0.05, 0) is 62.2 Å². The average Bonchev–Trinajstić information content (AvgIpc) is 3.06. The van der Waals surface area contributed by atoms with E-state index in [0.717, 1.165) is 12.8 Å². The Morgan fingerprint density at radius 3 is 1.46 bits per heavy atom. The Hall–Kier alpha value is -0.930. The third-order valence-corrected chi connectivity index (χ3v) is 7.33. The highest BCUT2D eigenvalue weighted by atomic mass is 16.5. The number of rotatable bonds is 8. The highest BCUT2D eigenvalue weighted by Gasteiger charge is 2.44. The van der Waals surface area contributed by atoms with E-state index < -0.39 is 0 Å². The fraction of sp³-hybridized carbons (Fsp3) is 0.783. The second-order valence-electron chi connectivity index (χ2n) is 8.92. The Kier molecular flexibility index (Phi) is 7.27. The first-order valence-corrected chi connectivity index (χ1v) is 10.1. The molecule has 0 saturated heterocycles. The molecule has 0 aromatic heterocycles. The molecule has 0 amide bonds. The fourth-order valence-corrected chi connectivity index (χ4v) is 5.58. The van der Waals surface area contributed by atoms with Gasteiger partial charge in [-0.1, -0.05) is 38.2 Å². The maximum absolute atomic E-state index is 13.0. The Balaban J connectivity index is 2.06. The molecule has 0 aliphatic heterocycles. The van der Waals surface area contributed by atoms with Crippen molar-refractivity contribution in [3.05, 3.63) is 24.3 Å². The molecule has 0 aromatic rings. The predicted octanol–water partition coefficient (Wildman–Crippen LogP) is 5.06. The molecule has 2 rings (SSSR count). The van der Waals surface area contributed by atoms with E-state index in [1.54, 1.807) is 14.2 Å². The number of allylic oxidation sites excluding steroid dienone is 2. The zero-order valence-electron chi connectivity index (χ0n) is 17.6. The molecule has 3 nitrogen and oxygen atoms in total. The number of carbonyl (C=O) groups is 1. The van der Waals surface area contributed by atoms with Gasteiger partial charge in [0.25, 0.3) is 0 Å². The van der Waals surface area contributed by atoms with Crippen LogP contribution in [0.2, 0.25) is 0 Å². The van der Waals surface area contributed by atoms with Crippen LogP contribution >= 0.6 is 0 Å². The zero-order chi connectivity index (χ0) is 19.6. The van der Waals surface area contributed by atoms with Crippen LogP contribution in [-0.4, -0.2) is 32.2 Å². The summed E-state index contributed by atoms with van der Waals surface area (Å²) in [6, 6.07) is 0. The largest absolute Gasteiger partial charge is 0.381 e. The molecule has 0 bridgehead atoms. The smallest absolute Gasteiger partial charge is 0.133 e. The normalized spacial score (nSPS) is 39.9. The van der Waals surface area contributed by atoms with Crippen molar-refractivity contribution in [1.29, 1.82) is 0 Å². The van der Waals surface area contributed by atoms with Crippen LogP contribution in [0.15, 0.2) is 24.3 Å². The van der Waals surface area contributed by atoms with Gasteiger partial charge in [0, 0.05) is 27.1 Å². The van der Waals surface area contributed by atoms with Gasteiger partial charge < -0.3 is 9.47 Å². The third kappa shape index (κ3) is 4.31. The van der Waals surface area contributed by atoms with Crippen LogP contribution in [0, 0.1) is 35.5 Å². The van der Waals surface area contributed by atoms with Crippen molar-refractivity contribution in [2.24, 2.45) is 35.5 Å². The molecule has 8 atom stereocenters. The van der Waals surface area contributed by atoms with Gasteiger partial charge in [-0.2, -0.15) is 0 Å². The van der Waals surface area contributed by atoms with Crippen LogP contribution in [0.4, 0.5) is 0 Å². The summed E-state index contributed by atoms with van der Waals surface area (Å²) in [7, 11) is 3.56. The van der Waals surface area contributed by atoms with E-state index >= 15 is 0 Å². The Bertz CT molecular complexity index is 492. The molecule has 3 heteroatoms. The minimum atomic E-state index is 0.237. The van der Waals surface area contributed by atoms with Crippen LogP contribution in [0.25, 0.3) is 0 Å². The quantitative estimate of drug-likeness (QED) is 0.566. The van der Waals surface area contributed by atoms with Crippen LogP contribution in [0.1, 0.15) is 53.4 Å². The number of methoxy groups -OCH3 is 2. The van der Waals surface area contributed by atoms with E-state index in [1.165, 1.54) is 11.1 Å². The summed E-state index contributed by atoms with van der Waals surface area (Å²) >= 11 is 0. The Morgan fingerprint density at radius 2 is 1.19 bits per heavy atom. The maximum atomic E-state index is 13.0. The Labute approximate surface area is 160 Å². The van der Waals surface area contributed by atoms with E-state index in [2.05, 4.69) is 40.9 Å². The summed E-state index contributed by atoms with van der Waals surface area (Å²) in [6.07, 6.45) is 3.74. The van der Waals surface area contributed by atoms with E-state index in [0.29, 0.717) is 54.1 Å². The molecule has 26 heavy (non-hydrogen) atoms. The van der Waals surface area contributed by atoms with Crippen molar-refractivity contribution in [2.75, 3.05) is 14.2 Å². The van der Waals surface area contributed by atoms with E-state index in [1.807, 2.05) is 0 Å². The van der Waals surface area contributed by atoms with Crippen LogP contribution in [0.3, 0.4) is 0 Å². The van der Waals surface area contributed by atoms with Crippen LogP contribution < -0.4 is 0 Å². The second-order valence-corrected chi connectivity index (χ2v) is 8.92. The first kappa shape index (κ1) is 21.4. The van der Waals surface area contributed by atoms with Crippen LogP contribution in [0.5, 0.6) is 0 Å². The minimum Gasteiger partial charge on any atom is -0.381 e. The second kappa shape index (κ2) is 8.84. The monoisotopic (exact) mass is 362 g/mol. The highest BCUT2D eigenvalue weighted by Crippen LogP contribution is 2.46. The van der Waals surface area contributed by atoms with E-state index in [9.17, 15) is 4.79 Å². The molecule has 0 radical (unpaired) electrons. The summed E-state index contributed by atoms with van der Waals surface area (Å²) < 4.78 is 11.3. The number of ketones is 1. The number of hydrogen-bond donors (Lipinski definition) is 0. The van der Waals surface area contributed by atoms with Gasteiger partial charge in [-0.15, -0.1) is 0 Å². The summed E-state index contributed by atoms with van der Waals surface area (Å²) in [6.45, 7) is 17.0. The topological polar surface area (TPSA) is 35.5 Å². The molecule has 2 saturated carbocycles. The Morgan fingerprint density at radius 1 is 0.846 bits per heavy atom. The highest BCUT2D eigenvalue weighted by molar-refractivity contribution is 5.79. The van der Waals surface area contributed by atoms with Crippen molar-refractivity contribution in [2.45, 2.75) is 65.6 Å². The van der Waals surface area contributed by atoms with Gasteiger partial charge in [0.05, 0.1) is 12.2 Å². The van der Waals surface area contributed by atoms with Gasteiger partial charge in [-0.3, -0.25) is 4.79 Å². The molecule has 2 aliphatic rings. The molecule has 0 spiro atoms. The molecular formula is C23H38O3. The maximum Gasteiger partial charge on any atom is 0.133 e. The summed E-state index contributed by atoms with van der Waals surface area (Å²) in [5, 5.41) is 0. The fourth-order valence-electron chi connectivity index (χ4n) is 5.58. The molecule has 0 N–H and O–H groups in total. The molecule has 0 aromatic carbocycles. The van der Waals surface area contributed by atoms with E-state index in [-0.39, 0.29) is 12.2 Å². The SMILES string of the molecule is C=C(C)[C@@H]1C[C@@H](OC)[C@H](C)[C@H]1CC(=O)C[C@@H]1[C@@H](C)[C@H](OC)C[C@H]1C(=C)C. The lowest BCUT2D eigenvalue weighted by atomic mass is 9.78. The molecule has 2 fully saturated rings.